The number of hydrogen-bond donors (Lipinski definition) is 1. The summed E-state index contributed by atoms with van der Waals surface area (Å²) in [6.07, 6.45) is -3.08. The summed E-state index contributed by atoms with van der Waals surface area (Å²) < 4.78 is 39.4. The zero-order chi connectivity index (χ0) is 21.2. The molecule has 1 N–H and O–H groups in total. The Morgan fingerprint density at radius 1 is 1.10 bits per heavy atom. The van der Waals surface area contributed by atoms with Gasteiger partial charge in [-0.05, 0) is 42.7 Å². The third-order valence-electron chi connectivity index (χ3n) is 5.03. The number of anilines is 1. The summed E-state index contributed by atoms with van der Waals surface area (Å²) in [7, 11) is 0. The number of nitriles is 1. The number of nitrogens with zero attached hydrogens (tertiary/aromatic N) is 3. The van der Waals surface area contributed by atoms with E-state index in [-0.39, 0.29) is 11.9 Å². The van der Waals surface area contributed by atoms with Crippen LogP contribution in [-0.2, 0) is 0 Å². The molecule has 1 aliphatic rings. The standard InChI is InChI=1S/C22H22F3N3O/c1-3-6-20-15(2)21(29)27(14-22(23,24)25)28(20)18-11-9-16(10-12-18)19-8-5-4-7-17(19)13-26/h4-5,7-12,20,29H,3,6,14H2,1-2H3. The van der Waals surface area contributed by atoms with Crippen LogP contribution in [0.15, 0.2) is 60.0 Å². The largest absolute Gasteiger partial charge is 0.493 e. The van der Waals surface area contributed by atoms with Gasteiger partial charge in [-0.1, -0.05) is 43.7 Å². The second-order valence-corrected chi connectivity index (χ2v) is 7.03. The molecule has 1 atom stereocenters. The molecule has 1 unspecified atom stereocenters. The summed E-state index contributed by atoms with van der Waals surface area (Å²) in [5.41, 5.74) is 3.16. The van der Waals surface area contributed by atoms with Crippen molar-refractivity contribution in [2.45, 2.75) is 38.9 Å². The van der Waals surface area contributed by atoms with Crippen LogP contribution < -0.4 is 5.01 Å². The van der Waals surface area contributed by atoms with Crippen LogP contribution in [0.2, 0.25) is 0 Å². The molecule has 152 valence electrons. The minimum absolute atomic E-state index is 0.348. The van der Waals surface area contributed by atoms with E-state index in [9.17, 15) is 23.5 Å². The SMILES string of the molecule is CCCC1C(C)=C(O)N(CC(F)(F)F)N1c1ccc(-c2ccccc2C#N)cc1. The van der Waals surface area contributed by atoms with E-state index in [0.29, 0.717) is 23.2 Å². The Bertz CT molecular complexity index is 945. The van der Waals surface area contributed by atoms with Crippen molar-refractivity contribution in [1.82, 2.24) is 5.01 Å². The van der Waals surface area contributed by atoms with Gasteiger partial charge < -0.3 is 5.11 Å². The zero-order valence-corrected chi connectivity index (χ0v) is 16.2. The van der Waals surface area contributed by atoms with Gasteiger partial charge in [0.05, 0.1) is 23.4 Å². The summed E-state index contributed by atoms with van der Waals surface area (Å²) in [5, 5.41) is 22.1. The highest BCUT2D eigenvalue weighted by Crippen LogP contribution is 2.37. The van der Waals surface area contributed by atoms with Crippen LogP contribution >= 0.6 is 0 Å². The van der Waals surface area contributed by atoms with E-state index >= 15 is 0 Å². The molecule has 29 heavy (non-hydrogen) atoms. The fourth-order valence-corrected chi connectivity index (χ4v) is 3.68. The number of aliphatic hydroxyl groups is 1. The predicted molar refractivity (Wildman–Crippen MR) is 106 cm³/mol. The topological polar surface area (TPSA) is 50.5 Å². The summed E-state index contributed by atoms with van der Waals surface area (Å²) in [4.78, 5) is 0. The monoisotopic (exact) mass is 401 g/mol. The highest BCUT2D eigenvalue weighted by atomic mass is 19.4. The molecule has 7 heteroatoms. The van der Waals surface area contributed by atoms with Crippen LogP contribution in [-0.4, -0.2) is 28.9 Å². The number of hydrogen-bond acceptors (Lipinski definition) is 4. The number of halogens is 3. The van der Waals surface area contributed by atoms with E-state index in [0.717, 1.165) is 22.6 Å². The lowest BCUT2D eigenvalue weighted by Gasteiger charge is -2.36. The zero-order valence-electron chi connectivity index (χ0n) is 16.2. The number of benzene rings is 2. The predicted octanol–water partition coefficient (Wildman–Crippen LogP) is 5.78. The van der Waals surface area contributed by atoms with Crippen molar-refractivity contribution in [2.75, 3.05) is 11.6 Å². The fourth-order valence-electron chi connectivity index (χ4n) is 3.68. The summed E-state index contributed by atoms with van der Waals surface area (Å²) in [6.45, 7) is 2.35. The van der Waals surface area contributed by atoms with E-state index in [1.165, 1.54) is 5.01 Å². The Kier molecular flexibility index (Phi) is 5.73. The number of aliphatic hydroxyl groups excluding tert-OH is 1. The first-order chi connectivity index (χ1) is 13.8. The smallest absolute Gasteiger partial charge is 0.408 e. The molecule has 0 saturated heterocycles. The average molecular weight is 401 g/mol. The highest BCUT2D eigenvalue weighted by Gasteiger charge is 2.42. The molecule has 0 fully saturated rings. The van der Waals surface area contributed by atoms with Gasteiger partial charge in [-0.25, -0.2) is 5.01 Å². The van der Waals surface area contributed by atoms with Crippen molar-refractivity contribution in [3.63, 3.8) is 0 Å². The van der Waals surface area contributed by atoms with Crippen molar-refractivity contribution in [3.05, 3.63) is 65.6 Å². The lowest BCUT2D eigenvalue weighted by molar-refractivity contribution is -0.146. The van der Waals surface area contributed by atoms with E-state index in [4.69, 9.17) is 0 Å². The second-order valence-electron chi connectivity index (χ2n) is 7.03. The van der Waals surface area contributed by atoms with Gasteiger partial charge in [0, 0.05) is 5.57 Å². The van der Waals surface area contributed by atoms with Crippen LogP contribution in [0.4, 0.5) is 18.9 Å². The molecule has 2 aromatic carbocycles. The molecular weight excluding hydrogens is 379 g/mol. The van der Waals surface area contributed by atoms with Gasteiger partial charge in [-0.2, -0.15) is 18.4 Å². The van der Waals surface area contributed by atoms with E-state index in [1.807, 2.05) is 19.1 Å². The van der Waals surface area contributed by atoms with Crippen LogP contribution in [0.3, 0.4) is 0 Å². The molecule has 0 saturated carbocycles. The molecule has 0 amide bonds. The lowest BCUT2D eigenvalue weighted by Crippen LogP contribution is -2.47. The number of alkyl halides is 3. The molecule has 1 heterocycles. The quantitative estimate of drug-likeness (QED) is 0.690. The maximum absolute atomic E-state index is 13.1. The first kappa shape index (κ1) is 20.6. The molecule has 1 aliphatic heterocycles. The molecule has 0 aromatic heterocycles. The van der Waals surface area contributed by atoms with Gasteiger partial charge >= 0.3 is 6.18 Å². The maximum Gasteiger partial charge on any atom is 0.408 e. The third-order valence-corrected chi connectivity index (χ3v) is 5.03. The van der Waals surface area contributed by atoms with Crippen molar-refractivity contribution in [2.24, 2.45) is 0 Å². The normalized spacial score (nSPS) is 17.0. The lowest BCUT2D eigenvalue weighted by atomic mass is 9.99. The molecule has 2 aromatic rings. The Morgan fingerprint density at radius 3 is 2.34 bits per heavy atom. The molecule has 4 nitrogen and oxygen atoms in total. The molecule has 0 aliphatic carbocycles. The molecule has 3 rings (SSSR count). The Labute approximate surface area is 168 Å². The summed E-state index contributed by atoms with van der Waals surface area (Å²) in [6, 6.07) is 16.0. The van der Waals surface area contributed by atoms with E-state index in [2.05, 4.69) is 6.07 Å². The number of rotatable bonds is 5. The van der Waals surface area contributed by atoms with Crippen molar-refractivity contribution < 1.29 is 18.3 Å². The first-order valence-corrected chi connectivity index (χ1v) is 9.39. The summed E-state index contributed by atoms with van der Waals surface area (Å²) in [5.74, 6) is -0.348. The van der Waals surface area contributed by atoms with Crippen LogP contribution in [0, 0.1) is 11.3 Å². The first-order valence-electron chi connectivity index (χ1n) is 9.39. The Hall–Kier alpha value is -3.14. The minimum atomic E-state index is -4.46. The highest BCUT2D eigenvalue weighted by molar-refractivity contribution is 5.72. The van der Waals surface area contributed by atoms with Crippen LogP contribution in [0.1, 0.15) is 32.3 Å². The maximum atomic E-state index is 13.1. The fraction of sp³-hybridized carbons (Fsp3) is 0.318. The molecular formula is C22H22F3N3O. The molecule has 0 radical (unpaired) electrons. The van der Waals surface area contributed by atoms with Gasteiger partial charge in [-0.3, -0.25) is 5.01 Å². The third kappa shape index (κ3) is 4.16. The van der Waals surface area contributed by atoms with Crippen molar-refractivity contribution in [1.29, 1.82) is 5.26 Å². The van der Waals surface area contributed by atoms with Gasteiger partial charge in [0.15, 0.2) is 0 Å². The van der Waals surface area contributed by atoms with Crippen LogP contribution in [0.25, 0.3) is 11.1 Å². The van der Waals surface area contributed by atoms with Gasteiger partial charge in [-0.15, -0.1) is 0 Å². The summed E-state index contributed by atoms with van der Waals surface area (Å²) >= 11 is 0. The second kappa shape index (κ2) is 8.08. The molecule has 0 bridgehead atoms. The van der Waals surface area contributed by atoms with Crippen LogP contribution in [0.5, 0.6) is 0 Å². The van der Waals surface area contributed by atoms with E-state index < -0.39 is 12.7 Å². The van der Waals surface area contributed by atoms with Crippen molar-refractivity contribution in [3.8, 4) is 17.2 Å². The van der Waals surface area contributed by atoms with E-state index in [1.54, 1.807) is 43.3 Å². The van der Waals surface area contributed by atoms with Gasteiger partial charge in [0.2, 0.25) is 5.88 Å². The van der Waals surface area contributed by atoms with Crippen molar-refractivity contribution >= 4 is 5.69 Å². The van der Waals surface area contributed by atoms with Gasteiger partial charge in [0.25, 0.3) is 0 Å². The van der Waals surface area contributed by atoms with Gasteiger partial charge in [0.1, 0.15) is 6.54 Å². The average Bonchev–Trinajstić information content (AvgIpc) is 2.92. The minimum Gasteiger partial charge on any atom is -0.493 e. The Balaban J connectivity index is 1.99. The number of hydrazine groups is 1. The molecule has 0 spiro atoms. The Morgan fingerprint density at radius 2 is 1.76 bits per heavy atom.